The average molecular weight is 290 g/mol. The molecule has 116 valence electrons. The molecule has 21 heavy (non-hydrogen) atoms. The predicted octanol–water partition coefficient (Wildman–Crippen LogP) is 4.36. The van der Waals surface area contributed by atoms with E-state index in [0.29, 0.717) is 30.1 Å². The summed E-state index contributed by atoms with van der Waals surface area (Å²) >= 11 is 0. The van der Waals surface area contributed by atoms with E-state index in [4.69, 9.17) is 9.84 Å². The highest BCUT2D eigenvalue weighted by Crippen LogP contribution is 2.35. The summed E-state index contributed by atoms with van der Waals surface area (Å²) in [5.74, 6) is 1.14. The average Bonchev–Trinajstić information content (AvgIpc) is 2.45. The molecular weight excluding hydrogens is 264 g/mol. The summed E-state index contributed by atoms with van der Waals surface area (Å²) in [6.45, 7) is 7.42. The van der Waals surface area contributed by atoms with E-state index in [0.717, 1.165) is 17.9 Å². The van der Waals surface area contributed by atoms with Crippen LogP contribution in [-0.2, 0) is 11.3 Å². The van der Waals surface area contributed by atoms with Crippen molar-refractivity contribution in [2.75, 3.05) is 0 Å². The first kappa shape index (κ1) is 16.0. The second kappa shape index (κ2) is 7.08. The van der Waals surface area contributed by atoms with E-state index in [1.165, 1.54) is 12.8 Å². The number of hydrogen-bond acceptors (Lipinski definition) is 2. The lowest BCUT2D eigenvalue weighted by atomic mass is 9.75. The highest BCUT2D eigenvalue weighted by atomic mass is 16.5. The second-order valence-electron chi connectivity index (χ2n) is 6.68. The molecule has 1 aromatic carbocycles. The van der Waals surface area contributed by atoms with E-state index in [2.05, 4.69) is 20.8 Å². The number of rotatable bonds is 5. The molecule has 0 saturated heterocycles. The summed E-state index contributed by atoms with van der Waals surface area (Å²) in [6.07, 6.45) is 4.01. The van der Waals surface area contributed by atoms with E-state index in [1.54, 1.807) is 12.1 Å². The predicted molar refractivity (Wildman–Crippen MR) is 83.3 cm³/mol. The molecule has 3 unspecified atom stereocenters. The van der Waals surface area contributed by atoms with Gasteiger partial charge in [0.25, 0.3) is 0 Å². The lowest BCUT2D eigenvalue weighted by Gasteiger charge is -2.37. The molecule has 0 spiro atoms. The van der Waals surface area contributed by atoms with Crippen LogP contribution in [0, 0.1) is 17.8 Å². The van der Waals surface area contributed by atoms with Crippen LogP contribution in [0.2, 0.25) is 0 Å². The molecule has 1 N–H and O–H groups in total. The normalized spacial score (nSPS) is 26.0. The maximum absolute atomic E-state index is 10.8. The van der Waals surface area contributed by atoms with Gasteiger partial charge in [0.1, 0.15) is 0 Å². The highest BCUT2D eigenvalue weighted by Gasteiger charge is 2.31. The molecule has 0 amide bonds. The molecule has 0 aliphatic heterocycles. The molecule has 0 aromatic heterocycles. The summed E-state index contributed by atoms with van der Waals surface area (Å²) in [5, 5.41) is 8.90. The third kappa shape index (κ3) is 4.31. The molecule has 0 bridgehead atoms. The summed E-state index contributed by atoms with van der Waals surface area (Å²) in [6, 6.07) is 6.98. The number of carboxylic acid groups (broad SMARTS) is 1. The van der Waals surface area contributed by atoms with Crippen LogP contribution in [0.3, 0.4) is 0 Å². The van der Waals surface area contributed by atoms with Gasteiger partial charge in [-0.05, 0) is 48.3 Å². The minimum atomic E-state index is -0.886. The van der Waals surface area contributed by atoms with Crippen molar-refractivity contribution in [1.29, 1.82) is 0 Å². The Labute approximate surface area is 127 Å². The summed E-state index contributed by atoms with van der Waals surface area (Å²) < 4.78 is 6.17. The largest absolute Gasteiger partial charge is 0.478 e. The molecule has 3 heteroatoms. The summed E-state index contributed by atoms with van der Waals surface area (Å²) in [7, 11) is 0. The molecule has 3 nitrogen and oxygen atoms in total. The second-order valence-corrected chi connectivity index (χ2v) is 6.68. The fourth-order valence-electron chi connectivity index (χ4n) is 3.25. The van der Waals surface area contributed by atoms with E-state index < -0.39 is 5.97 Å². The van der Waals surface area contributed by atoms with Gasteiger partial charge in [0.05, 0.1) is 18.3 Å². The fraction of sp³-hybridized carbons (Fsp3) is 0.611. The smallest absolute Gasteiger partial charge is 0.335 e. The number of carbonyl (C=O) groups is 1. The van der Waals surface area contributed by atoms with Gasteiger partial charge >= 0.3 is 5.97 Å². The SMILES string of the molecule is CC1CCC(C(C)C)C(OCc2ccc(C(=O)O)cc2)C1. The Morgan fingerprint density at radius 2 is 1.95 bits per heavy atom. The van der Waals surface area contributed by atoms with Crippen molar-refractivity contribution in [3.63, 3.8) is 0 Å². The monoisotopic (exact) mass is 290 g/mol. The van der Waals surface area contributed by atoms with Crippen molar-refractivity contribution in [3.05, 3.63) is 35.4 Å². The molecule has 1 saturated carbocycles. The van der Waals surface area contributed by atoms with Gasteiger partial charge in [-0.15, -0.1) is 0 Å². The van der Waals surface area contributed by atoms with E-state index in [-0.39, 0.29) is 0 Å². The van der Waals surface area contributed by atoms with Crippen LogP contribution < -0.4 is 0 Å². The number of carboxylic acids is 1. The van der Waals surface area contributed by atoms with Gasteiger partial charge in [0.2, 0.25) is 0 Å². The Hall–Kier alpha value is -1.35. The standard InChI is InChI=1S/C18H26O3/c1-12(2)16-9-4-13(3)10-17(16)21-11-14-5-7-15(8-6-14)18(19)20/h5-8,12-13,16-17H,4,9-11H2,1-3H3,(H,19,20). The van der Waals surface area contributed by atoms with Gasteiger partial charge < -0.3 is 9.84 Å². The van der Waals surface area contributed by atoms with E-state index in [9.17, 15) is 4.79 Å². The molecule has 1 aliphatic rings. The van der Waals surface area contributed by atoms with E-state index in [1.807, 2.05) is 12.1 Å². The zero-order valence-electron chi connectivity index (χ0n) is 13.2. The van der Waals surface area contributed by atoms with Crippen molar-refractivity contribution in [2.45, 2.75) is 52.7 Å². The van der Waals surface area contributed by atoms with Gasteiger partial charge in [0, 0.05) is 0 Å². The minimum absolute atomic E-state index is 0.324. The first-order valence-corrected chi connectivity index (χ1v) is 7.91. The minimum Gasteiger partial charge on any atom is -0.478 e. The fourth-order valence-corrected chi connectivity index (χ4v) is 3.25. The Morgan fingerprint density at radius 1 is 1.29 bits per heavy atom. The number of ether oxygens (including phenoxy) is 1. The van der Waals surface area contributed by atoms with Gasteiger partial charge in [-0.1, -0.05) is 39.3 Å². The number of aromatic carboxylic acids is 1. The Bertz CT molecular complexity index is 464. The van der Waals surface area contributed by atoms with Crippen LogP contribution in [0.25, 0.3) is 0 Å². The van der Waals surface area contributed by atoms with Crippen LogP contribution >= 0.6 is 0 Å². The summed E-state index contributed by atoms with van der Waals surface area (Å²) in [5.41, 5.74) is 1.37. The molecule has 1 aromatic rings. The quantitative estimate of drug-likeness (QED) is 0.876. The first-order valence-electron chi connectivity index (χ1n) is 7.91. The maximum atomic E-state index is 10.8. The van der Waals surface area contributed by atoms with Gasteiger partial charge in [-0.3, -0.25) is 0 Å². The Kier molecular flexibility index (Phi) is 5.40. The van der Waals surface area contributed by atoms with Gasteiger partial charge in [-0.25, -0.2) is 4.79 Å². The van der Waals surface area contributed by atoms with Crippen LogP contribution in [-0.4, -0.2) is 17.2 Å². The van der Waals surface area contributed by atoms with Gasteiger partial charge in [-0.2, -0.15) is 0 Å². The number of benzene rings is 1. The molecule has 0 heterocycles. The van der Waals surface area contributed by atoms with Crippen LogP contribution in [0.1, 0.15) is 56.0 Å². The van der Waals surface area contributed by atoms with Crippen LogP contribution in [0.4, 0.5) is 0 Å². The molecule has 1 fully saturated rings. The van der Waals surface area contributed by atoms with Crippen molar-refractivity contribution in [3.8, 4) is 0 Å². The lowest BCUT2D eigenvalue weighted by molar-refractivity contribution is -0.0472. The molecule has 2 rings (SSSR count). The lowest BCUT2D eigenvalue weighted by Crippen LogP contribution is -2.34. The third-order valence-corrected chi connectivity index (χ3v) is 4.63. The Morgan fingerprint density at radius 3 is 2.52 bits per heavy atom. The molecule has 1 aliphatic carbocycles. The van der Waals surface area contributed by atoms with E-state index >= 15 is 0 Å². The molecule has 0 radical (unpaired) electrons. The van der Waals surface area contributed by atoms with Crippen molar-refractivity contribution < 1.29 is 14.6 Å². The zero-order chi connectivity index (χ0) is 15.4. The first-order chi connectivity index (χ1) is 9.97. The van der Waals surface area contributed by atoms with Gasteiger partial charge in [0.15, 0.2) is 0 Å². The topological polar surface area (TPSA) is 46.5 Å². The van der Waals surface area contributed by atoms with Crippen LogP contribution in [0.5, 0.6) is 0 Å². The molecular formula is C18H26O3. The Balaban J connectivity index is 1.95. The molecule has 3 atom stereocenters. The third-order valence-electron chi connectivity index (χ3n) is 4.63. The van der Waals surface area contributed by atoms with Crippen molar-refractivity contribution >= 4 is 5.97 Å². The van der Waals surface area contributed by atoms with Crippen molar-refractivity contribution in [2.24, 2.45) is 17.8 Å². The number of hydrogen-bond donors (Lipinski definition) is 1. The highest BCUT2D eigenvalue weighted by molar-refractivity contribution is 5.87. The maximum Gasteiger partial charge on any atom is 0.335 e. The van der Waals surface area contributed by atoms with Crippen LogP contribution in [0.15, 0.2) is 24.3 Å². The summed E-state index contributed by atoms with van der Waals surface area (Å²) in [4.78, 5) is 10.8. The van der Waals surface area contributed by atoms with Crippen molar-refractivity contribution in [1.82, 2.24) is 0 Å². The zero-order valence-corrected chi connectivity index (χ0v) is 13.2.